The Balaban J connectivity index is 2.23. The van der Waals surface area contributed by atoms with Gasteiger partial charge in [0.05, 0.1) is 12.7 Å². The third kappa shape index (κ3) is 4.78. The van der Waals surface area contributed by atoms with Crippen molar-refractivity contribution in [2.45, 2.75) is 52.3 Å². The Morgan fingerprint density at radius 3 is 2.37 bits per heavy atom. The summed E-state index contributed by atoms with van der Waals surface area (Å²) < 4.78 is 10.2. The molecule has 1 amide bonds. The van der Waals surface area contributed by atoms with Crippen molar-refractivity contribution in [1.29, 1.82) is 0 Å². The molecule has 1 saturated heterocycles. The van der Waals surface area contributed by atoms with Crippen molar-refractivity contribution in [3.63, 3.8) is 0 Å². The third-order valence-corrected chi connectivity index (χ3v) is 4.50. The quantitative estimate of drug-likeness (QED) is 0.596. The maximum atomic E-state index is 12.5. The molecule has 1 aliphatic heterocycles. The van der Waals surface area contributed by atoms with E-state index in [2.05, 4.69) is 4.90 Å². The van der Waals surface area contributed by atoms with Crippen molar-refractivity contribution in [3.05, 3.63) is 29.3 Å². The third-order valence-electron chi connectivity index (χ3n) is 4.50. The Bertz CT molecular complexity index is 726. The maximum absolute atomic E-state index is 12.5. The highest BCUT2D eigenvalue weighted by Crippen LogP contribution is 2.28. The zero-order chi connectivity index (χ0) is 20.4. The summed E-state index contributed by atoms with van der Waals surface area (Å²) in [6.07, 6.45) is 0.400. The molecule has 2 rings (SSSR count). The van der Waals surface area contributed by atoms with Gasteiger partial charge in [-0.05, 0) is 52.8 Å². The molecule has 2 atom stereocenters. The van der Waals surface area contributed by atoms with E-state index in [1.54, 1.807) is 17.0 Å². The zero-order valence-electron chi connectivity index (χ0n) is 16.8. The maximum Gasteiger partial charge on any atom is 0.410 e. The predicted molar refractivity (Wildman–Crippen MR) is 102 cm³/mol. The van der Waals surface area contributed by atoms with E-state index in [-0.39, 0.29) is 18.2 Å². The van der Waals surface area contributed by atoms with E-state index < -0.39 is 11.6 Å². The van der Waals surface area contributed by atoms with Gasteiger partial charge in [-0.1, -0.05) is 0 Å². The summed E-state index contributed by atoms with van der Waals surface area (Å²) >= 11 is 0. The number of carbonyl (C=O) groups is 3. The van der Waals surface area contributed by atoms with Crippen molar-refractivity contribution >= 4 is 24.0 Å². The van der Waals surface area contributed by atoms with Crippen LogP contribution in [0.3, 0.4) is 0 Å². The van der Waals surface area contributed by atoms with Crippen LogP contribution in [-0.4, -0.2) is 61.1 Å². The number of amides is 1. The van der Waals surface area contributed by atoms with Crippen LogP contribution >= 0.6 is 0 Å². The number of nitrogens with zero attached hydrogens (tertiary/aromatic N) is 2. The number of aldehydes is 1. The van der Waals surface area contributed by atoms with Crippen LogP contribution in [0.25, 0.3) is 0 Å². The molecule has 1 fully saturated rings. The lowest BCUT2D eigenvalue weighted by molar-refractivity contribution is 0.0130. The second kappa shape index (κ2) is 7.98. The van der Waals surface area contributed by atoms with Gasteiger partial charge in [0.25, 0.3) is 0 Å². The molecular weight excluding hydrogens is 348 g/mol. The fourth-order valence-electron chi connectivity index (χ4n) is 3.19. The van der Waals surface area contributed by atoms with Gasteiger partial charge in [-0.2, -0.15) is 0 Å². The highest BCUT2D eigenvalue weighted by molar-refractivity contribution is 5.94. The lowest BCUT2D eigenvalue weighted by atomic mass is 10.0. The summed E-state index contributed by atoms with van der Waals surface area (Å²) in [4.78, 5) is 39.6. The summed E-state index contributed by atoms with van der Waals surface area (Å²) in [5.74, 6) is -0.485. The monoisotopic (exact) mass is 376 g/mol. The normalized spacial score (nSPS) is 20.2. The Kier molecular flexibility index (Phi) is 6.13. The predicted octanol–water partition coefficient (Wildman–Crippen LogP) is 3.12. The van der Waals surface area contributed by atoms with Crippen LogP contribution in [0, 0.1) is 0 Å². The Morgan fingerprint density at radius 2 is 1.81 bits per heavy atom. The molecule has 1 aromatic rings. The van der Waals surface area contributed by atoms with Gasteiger partial charge in [0, 0.05) is 36.4 Å². The number of anilines is 1. The number of hydrogen-bond donors (Lipinski definition) is 0. The van der Waals surface area contributed by atoms with Crippen LogP contribution in [0.4, 0.5) is 10.5 Å². The largest absolute Gasteiger partial charge is 0.465 e. The molecule has 2 unspecified atom stereocenters. The minimum atomic E-state index is -0.550. The number of piperazine rings is 1. The summed E-state index contributed by atoms with van der Waals surface area (Å²) in [7, 11) is 1.30. The van der Waals surface area contributed by atoms with Gasteiger partial charge in [-0.3, -0.25) is 4.79 Å². The Hall–Kier alpha value is -2.57. The highest BCUT2D eigenvalue weighted by atomic mass is 16.6. The number of ether oxygens (including phenoxy) is 2. The first kappa shape index (κ1) is 20.7. The van der Waals surface area contributed by atoms with Crippen LogP contribution in [-0.2, 0) is 9.47 Å². The first-order valence-corrected chi connectivity index (χ1v) is 9.01. The van der Waals surface area contributed by atoms with Gasteiger partial charge < -0.3 is 19.3 Å². The van der Waals surface area contributed by atoms with Crippen molar-refractivity contribution in [3.8, 4) is 0 Å². The number of esters is 1. The first-order valence-electron chi connectivity index (χ1n) is 9.01. The summed E-state index contributed by atoms with van der Waals surface area (Å²) in [6.45, 7) is 10.5. The molecule has 27 heavy (non-hydrogen) atoms. The van der Waals surface area contributed by atoms with E-state index in [4.69, 9.17) is 9.47 Å². The minimum absolute atomic E-state index is 0.0172. The van der Waals surface area contributed by atoms with Crippen molar-refractivity contribution < 1.29 is 23.9 Å². The second-order valence-corrected chi connectivity index (χ2v) is 7.87. The van der Waals surface area contributed by atoms with Gasteiger partial charge in [0.1, 0.15) is 5.60 Å². The molecular formula is C20H28N2O5. The molecule has 0 spiro atoms. The van der Waals surface area contributed by atoms with E-state index in [9.17, 15) is 14.4 Å². The fourth-order valence-corrected chi connectivity index (χ4v) is 3.19. The van der Waals surface area contributed by atoms with E-state index in [0.29, 0.717) is 24.2 Å². The first-order chi connectivity index (χ1) is 12.6. The van der Waals surface area contributed by atoms with Crippen molar-refractivity contribution in [2.24, 2.45) is 0 Å². The summed E-state index contributed by atoms with van der Waals surface area (Å²) in [5, 5.41) is 0. The summed E-state index contributed by atoms with van der Waals surface area (Å²) in [5.41, 5.74) is 0.936. The Labute approximate surface area is 160 Å². The van der Waals surface area contributed by atoms with Gasteiger partial charge in [0.2, 0.25) is 0 Å². The number of carbonyl (C=O) groups excluding carboxylic acids is 3. The minimum Gasteiger partial charge on any atom is -0.465 e. The van der Waals surface area contributed by atoms with E-state index in [1.165, 1.54) is 13.2 Å². The number of rotatable bonds is 3. The molecule has 7 nitrogen and oxygen atoms in total. The molecule has 0 radical (unpaired) electrons. The molecule has 1 heterocycles. The average Bonchev–Trinajstić information content (AvgIpc) is 2.60. The number of benzene rings is 1. The zero-order valence-corrected chi connectivity index (χ0v) is 16.8. The lowest BCUT2D eigenvalue weighted by Gasteiger charge is -2.45. The van der Waals surface area contributed by atoms with Gasteiger partial charge in [0.15, 0.2) is 6.29 Å². The molecule has 7 heteroatoms. The van der Waals surface area contributed by atoms with Crippen molar-refractivity contribution in [2.75, 3.05) is 25.1 Å². The highest BCUT2D eigenvalue weighted by Gasteiger charge is 2.35. The van der Waals surface area contributed by atoms with Crippen LogP contribution in [0.5, 0.6) is 0 Å². The van der Waals surface area contributed by atoms with E-state index in [0.717, 1.165) is 12.0 Å². The number of methoxy groups -OCH3 is 1. The van der Waals surface area contributed by atoms with Crippen LogP contribution in [0.15, 0.2) is 18.2 Å². The van der Waals surface area contributed by atoms with Gasteiger partial charge >= 0.3 is 12.1 Å². The van der Waals surface area contributed by atoms with Crippen molar-refractivity contribution in [1.82, 2.24) is 4.90 Å². The van der Waals surface area contributed by atoms with E-state index in [1.807, 2.05) is 34.6 Å². The van der Waals surface area contributed by atoms with Gasteiger partial charge in [-0.15, -0.1) is 0 Å². The lowest BCUT2D eigenvalue weighted by Crippen LogP contribution is -2.59. The molecule has 0 bridgehead atoms. The standard InChI is InChI=1S/C20H28N2O5/c1-13-11-22(19(25)27-20(3,4)5)14(2)10-21(13)17-8-7-15(18(24)26-6)9-16(17)12-23/h7-9,12-14H,10-11H2,1-6H3. The molecule has 0 aromatic heterocycles. The number of hydrogen-bond acceptors (Lipinski definition) is 6. The summed E-state index contributed by atoms with van der Waals surface area (Å²) in [6, 6.07) is 4.83. The SMILES string of the molecule is COC(=O)c1ccc(N2CC(C)N(C(=O)OC(C)(C)C)CC2C)c(C=O)c1. The second-order valence-electron chi connectivity index (χ2n) is 7.87. The van der Waals surface area contributed by atoms with Crippen LogP contribution in [0.2, 0.25) is 0 Å². The fraction of sp³-hybridized carbons (Fsp3) is 0.550. The van der Waals surface area contributed by atoms with Crippen LogP contribution < -0.4 is 4.90 Å². The Morgan fingerprint density at radius 1 is 1.15 bits per heavy atom. The average molecular weight is 376 g/mol. The molecule has 1 aromatic carbocycles. The molecule has 0 saturated carbocycles. The molecule has 1 aliphatic rings. The smallest absolute Gasteiger partial charge is 0.410 e. The van der Waals surface area contributed by atoms with Crippen LogP contribution in [0.1, 0.15) is 55.3 Å². The van der Waals surface area contributed by atoms with Gasteiger partial charge in [-0.25, -0.2) is 9.59 Å². The molecule has 0 aliphatic carbocycles. The van der Waals surface area contributed by atoms with E-state index >= 15 is 0 Å². The topological polar surface area (TPSA) is 76.2 Å². The molecule has 0 N–H and O–H groups in total. The molecule has 148 valence electrons.